The van der Waals surface area contributed by atoms with E-state index >= 15 is 0 Å². The first-order valence-electron chi connectivity index (χ1n) is 10.5. The molecular weight excluding hydrogens is 393 g/mol. The van der Waals surface area contributed by atoms with Crippen LogP contribution in [-0.4, -0.2) is 74.2 Å². The highest BCUT2D eigenvalue weighted by molar-refractivity contribution is 7.89. The minimum absolute atomic E-state index is 0.0625. The number of halogens is 1. The van der Waals surface area contributed by atoms with Gasteiger partial charge in [0, 0.05) is 39.3 Å². The summed E-state index contributed by atoms with van der Waals surface area (Å²) in [4.78, 5) is 17.4. The lowest BCUT2D eigenvalue weighted by atomic mass is 9.97. The highest BCUT2D eigenvalue weighted by Gasteiger charge is 2.35. The van der Waals surface area contributed by atoms with Crippen LogP contribution in [0.2, 0.25) is 0 Å². The Hall–Kier alpha value is -1.51. The lowest BCUT2D eigenvalue weighted by Gasteiger charge is -2.38. The summed E-state index contributed by atoms with van der Waals surface area (Å²) in [5.41, 5.74) is 0. The molecule has 1 atom stereocenters. The molecule has 2 heterocycles. The number of carbonyl (C=O) groups excluding carboxylic acids is 1. The second-order valence-corrected chi connectivity index (χ2v) is 10.4. The highest BCUT2D eigenvalue weighted by Crippen LogP contribution is 2.25. The Morgan fingerprint density at radius 3 is 2.38 bits per heavy atom. The number of hydrogen-bond donors (Lipinski definition) is 0. The number of piperazine rings is 1. The van der Waals surface area contributed by atoms with E-state index in [2.05, 4.69) is 18.7 Å². The molecule has 6 nitrogen and oxygen atoms in total. The van der Waals surface area contributed by atoms with E-state index in [0.29, 0.717) is 38.4 Å². The van der Waals surface area contributed by atoms with E-state index in [1.54, 1.807) is 0 Å². The summed E-state index contributed by atoms with van der Waals surface area (Å²) in [6.45, 7) is 9.26. The smallest absolute Gasteiger partial charge is 0.243 e. The molecule has 0 saturated carbocycles. The van der Waals surface area contributed by atoms with E-state index < -0.39 is 15.8 Å². The normalized spacial score (nSPS) is 22.2. The van der Waals surface area contributed by atoms with E-state index in [9.17, 15) is 17.6 Å². The van der Waals surface area contributed by atoms with Crippen molar-refractivity contribution in [3.63, 3.8) is 0 Å². The molecule has 1 amide bonds. The SMILES string of the molecule is CC(C)CCN1CCN(C(=O)C2CCCN(S(=O)(=O)c3ccc(F)cc3)C2)CC1. The molecule has 3 rings (SSSR count). The maximum Gasteiger partial charge on any atom is 0.243 e. The monoisotopic (exact) mass is 425 g/mol. The van der Waals surface area contributed by atoms with Crippen molar-refractivity contribution < 1.29 is 17.6 Å². The fraction of sp³-hybridized carbons (Fsp3) is 0.667. The van der Waals surface area contributed by atoms with E-state index in [-0.39, 0.29) is 23.3 Å². The average molecular weight is 426 g/mol. The summed E-state index contributed by atoms with van der Waals surface area (Å²) in [6, 6.07) is 4.87. The molecule has 2 fully saturated rings. The van der Waals surface area contributed by atoms with Crippen molar-refractivity contribution in [1.29, 1.82) is 0 Å². The van der Waals surface area contributed by atoms with Crippen molar-refractivity contribution in [1.82, 2.24) is 14.1 Å². The molecule has 29 heavy (non-hydrogen) atoms. The van der Waals surface area contributed by atoms with Crippen LogP contribution in [0.3, 0.4) is 0 Å². The summed E-state index contributed by atoms with van der Waals surface area (Å²) >= 11 is 0. The quantitative estimate of drug-likeness (QED) is 0.702. The van der Waals surface area contributed by atoms with E-state index in [4.69, 9.17) is 0 Å². The maximum atomic E-state index is 13.1. The second-order valence-electron chi connectivity index (χ2n) is 8.51. The van der Waals surface area contributed by atoms with Gasteiger partial charge in [-0.25, -0.2) is 12.8 Å². The summed E-state index contributed by atoms with van der Waals surface area (Å²) in [5.74, 6) is -0.0390. The molecule has 8 heteroatoms. The zero-order valence-corrected chi connectivity index (χ0v) is 18.2. The molecule has 0 N–H and O–H groups in total. The fourth-order valence-electron chi connectivity index (χ4n) is 4.01. The zero-order chi connectivity index (χ0) is 21.0. The van der Waals surface area contributed by atoms with Gasteiger partial charge < -0.3 is 4.90 Å². The van der Waals surface area contributed by atoms with Gasteiger partial charge in [0.05, 0.1) is 10.8 Å². The number of amides is 1. The molecule has 2 aliphatic rings. The Kier molecular flexibility index (Phi) is 7.29. The van der Waals surface area contributed by atoms with E-state index in [1.165, 1.54) is 16.4 Å². The molecule has 0 spiro atoms. The second kappa shape index (κ2) is 9.53. The third-order valence-corrected chi connectivity index (χ3v) is 7.77. The molecular formula is C21H32FN3O3S. The third kappa shape index (κ3) is 5.55. The van der Waals surface area contributed by atoms with Crippen molar-refractivity contribution in [2.75, 3.05) is 45.8 Å². The van der Waals surface area contributed by atoms with Gasteiger partial charge in [-0.05, 0) is 56.0 Å². The van der Waals surface area contributed by atoms with Gasteiger partial charge in [0.1, 0.15) is 5.82 Å². The number of sulfonamides is 1. The van der Waals surface area contributed by atoms with Gasteiger partial charge in [-0.1, -0.05) is 13.8 Å². The van der Waals surface area contributed by atoms with E-state index in [1.807, 2.05) is 4.90 Å². The van der Waals surface area contributed by atoms with Crippen molar-refractivity contribution in [3.05, 3.63) is 30.1 Å². The summed E-state index contributed by atoms with van der Waals surface area (Å²) in [7, 11) is -3.71. The van der Waals surface area contributed by atoms with Crippen molar-refractivity contribution >= 4 is 15.9 Å². The van der Waals surface area contributed by atoms with Crippen molar-refractivity contribution in [2.45, 2.75) is 38.0 Å². The molecule has 0 aromatic heterocycles. The first-order valence-corrected chi connectivity index (χ1v) is 12.0. The zero-order valence-electron chi connectivity index (χ0n) is 17.4. The Balaban J connectivity index is 1.58. The van der Waals surface area contributed by atoms with Gasteiger partial charge in [-0.3, -0.25) is 9.69 Å². The molecule has 0 bridgehead atoms. The number of benzene rings is 1. The van der Waals surface area contributed by atoms with Gasteiger partial charge >= 0.3 is 0 Å². The lowest BCUT2D eigenvalue weighted by Crippen LogP contribution is -2.53. The van der Waals surface area contributed by atoms with Crippen LogP contribution in [-0.2, 0) is 14.8 Å². The minimum atomic E-state index is -3.71. The minimum Gasteiger partial charge on any atom is -0.340 e. The standard InChI is InChI=1S/C21H32FN3O3S/c1-17(2)9-11-23-12-14-24(15-13-23)21(26)18-4-3-10-25(16-18)29(27,28)20-7-5-19(22)6-8-20/h5-8,17-18H,3-4,9-16H2,1-2H3. The van der Waals surface area contributed by atoms with Crippen molar-refractivity contribution in [3.8, 4) is 0 Å². The van der Waals surface area contributed by atoms with Crippen LogP contribution in [0.15, 0.2) is 29.2 Å². The molecule has 1 unspecified atom stereocenters. The van der Waals surface area contributed by atoms with Gasteiger partial charge in [-0.15, -0.1) is 0 Å². The van der Waals surface area contributed by atoms with Crippen LogP contribution in [0.1, 0.15) is 33.1 Å². The highest BCUT2D eigenvalue weighted by atomic mass is 32.2. The van der Waals surface area contributed by atoms with Crippen LogP contribution in [0.4, 0.5) is 4.39 Å². The van der Waals surface area contributed by atoms with Crippen LogP contribution in [0, 0.1) is 17.7 Å². The maximum absolute atomic E-state index is 13.1. The number of carbonyl (C=O) groups is 1. The Morgan fingerprint density at radius 2 is 1.76 bits per heavy atom. The largest absolute Gasteiger partial charge is 0.340 e. The lowest BCUT2D eigenvalue weighted by molar-refractivity contribution is -0.138. The molecule has 162 valence electrons. The Morgan fingerprint density at radius 1 is 1.10 bits per heavy atom. The van der Waals surface area contributed by atoms with Crippen LogP contribution >= 0.6 is 0 Å². The first kappa shape index (κ1) is 22.2. The molecule has 1 aromatic rings. The van der Waals surface area contributed by atoms with Gasteiger partial charge in [0.2, 0.25) is 15.9 Å². The van der Waals surface area contributed by atoms with Gasteiger partial charge in [0.15, 0.2) is 0 Å². The third-order valence-electron chi connectivity index (χ3n) is 5.89. The number of piperidine rings is 1. The summed E-state index contributed by atoms with van der Waals surface area (Å²) in [6.07, 6.45) is 2.53. The van der Waals surface area contributed by atoms with Crippen molar-refractivity contribution in [2.24, 2.45) is 11.8 Å². The number of rotatable bonds is 6. The number of nitrogens with zero attached hydrogens (tertiary/aromatic N) is 3. The summed E-state index contributed by atoms with van der Waals surface area (Å²) < 4.78 is 40.3. The predicted octanol–water partition coefficient (Wildman–Crippen LogP) is 2.42. The molecule has 1 aromatic carbocycles. The fourth-order valence-corrected chi connectivity index (χ4v) is 5.53. The van der Waals surface area contributed by atoms with Crippen LogP contribution < -0.4 is 0 Å². The molecule has 2 saturated heterocycles. The molecule has 0 radical (unpaired) electrons. The van der Waals surface area contributed by atoms with Crippen LogP contribution in [0.5, 0.6) is 0 Å². The predicted molar refractivity (Wildman–Crippen MR) is 110 cm³/mol. The molecule has 2 aliphatic heterocycles. The Bertz CT molecular complexity index is 790. The average Bonchev–Trinajstić information content (AvgIpc) is 2.72. The topological polar surface area (TPSA) is 60.9 Å². The summed E-state index contributed by atoms with van der Waals surface area (Å²) in [5, 5.41) is 0. The van der Waals surface area contributed by atoms with Gasteiger partial charge in [-0.2, -0.15) is 4.31 Å². The Labute approximate surface area is 173 Å². The number of hydrogen-bond acceptors (Lipinski definition) is 4. The van der Waals surface area contributed by atoms with E-state index in [0.717, 1.165) is 38.2 Å². The van der Waals surface area contributed by atoms with Crippen LogP contribution in [0.25, 0.3) is 0 Å². The first-order chi connectivity index (χ1) is 13.8. The molecule has 0 aliphatic carbocycles. The van der Waals surface area contributed by atoms with Gasteiger partial charge in [0.25, 0.3) is 0 Å².